The van der Waals surface area contributed by atoms with Crippen molar-refractivity contribution in [1.29, 1.82) is 5.26 Å². The summed E-state index contributed by atoms with van der Waals surface area (Å²) in [5.74, 6) is -0.00641. The van der Waals surface area contributed by atoms with Crippen molar-refractivity contribution in [3.05, 3.63) is 40.9 Å². The highest BCUT2D eigenvalue weighted by atomic mass is 32.1. The van der Waals surface area contributed by atoms with Crippen LogP contribution in [0.15, 0.2) is 29.6 Å². The van der Waals surface area contributed by atoms with Gasteiger partial charge in [-0.15, -0.1) is 11.3 Å². The first-order chi connectivity index (χ1) is 10.1. The summed E-state index contributed by atoms with van der Waals surface area (Å²) in [5.41, 5.74) is 2.37. The zero-order valence-corrected chi connectivity index (χ0v) is 12.8. The van der Waals surface area contributed by atoms with Crippen LogP contribution >= 0.6 is 11.3 Å². The summed E-state index contributed by atoms with van der Waals surface area (Å²) in [6, 6.07) is 9.40. The van der Waals surface area contributed by atoms with Crippen LogP contribution < -0.4 is 10.2 Å². The SMILES string of the molecule is CCN(C(C)=O)c1nc(CNc2cccc(C#N)c2)cs1. The Kier molecular flexibility index (Phi) is 4.90. The first kappa shape index (κ1) is 15.0. The number of amides is 1. The predicted molar refractivity (Wildman–Crippen MR) is 84.3 cm³/mol. The molecule has 0 bridgehead atoms. The van der Waals surface area contributed by atoms with Gasteiger partial charge in [-0.25, -0.2) is 4.98 Å². The molecule has 0 spiro atoms. The van der Waals surface area contributed by atoms with Gasteiger partial charge in [0, 0.05) is 24.5 Å². The molecule has 0 aliphatic carbocycles. The van der Waals surface area contributed by atoms with E-state index in [1.54, 1.807) is 17.0 Å². The van der Waals surface area contributed by atoms with E-state index in [9.17, 15) is 4.79 Å². The van der Waals surface area contributed by atoms with Crippen molar-refractivity contribution in [3.63, 3.8) is 0 Å². The van der Waals surface area contributed by atoms with Gasteiger partial charge in [0.2, 0.25) is 5.91 Å². The van der Waals surface area contributed by atoms with Crippen molar-refractivity contribution in [2.75, 3.05) is 16.8 Å². The van der Waals surface area contributed by atoms with Crippen molar-refractivity contribution in [2.24, 2.45) is 0 Å². The van der Waals surface area contributed by atoms with Crippen LogP contribution in [0.3, 0.4) is 0 Å². The van der Waals surface area contributed by atoms with Gasteiger partial charge < -0.3 is 5.32 Å². The average molecular weight is 300 g/mol. The minimum absolute atomic E-state index is 0.00641. The van der Waals surface area contributed by atoms with Crippen molar-refractivity contribution >= 4 is 28.1 Å². The van der Waals surface area contributed by atoms with E-state index in [0.717, 1.165) is 11.4 Å². The second-order valence-electron chi connectivity index (χ2n) is 4.43. The highest BCUT2D eigenvalue weighted by Gasteiger charge is 2.13. The molecule has 1 heterocycles. The molecular formula is C15H16N4OS. The Balaban J connectivity index is 2.03. The van der Waals surface area contributed by atoms with Gasteiger partial charge >= 0.3 is 0 Å². The maximum Gasteiger partial charge on any atom is 0.225 e. The minimum atomic E-state index is -0.00641. The number of benzene rings is 1. The van der Waals surface area contributed by atoms with E-state index in [4.69, 9.17) is 5.26 Å². The number of anilines is 2. The molecule has 0 atom stereocenters. The number of aromatic nitrogens is 1. The van der Waals surface area contributed by atoms with Gasteiger partial charge in [0.25, 0.3) is 0 Å². The average Bonchev–Trinajstić information content (AvgIpc) is 2.94. The summed E-state index contributed by atoms with van der Waals surface area (Å²) in [6.45, 7) is 4.63. The van der Waals surface area contributed by atoms with Crippen LogP contribution in [0.25, 0.3) is 0 Å². The first-order valence-electron chi connectivity index (χ1n) is 6.60. The van der Waals surface area contributed by atoms with Gasteiger partial charge in [0.15, 0.2) is 5.13 Å². The maximum absolute atomic E-state index is 11.5. The molecule has 0 aliphatic heterocycles. The summed E-state index contributed by atoms with van der Waals surface area (Å²) in [7, 11) is 0. The Morgan fingerprint density at radius 3 is 3.00 bits per heavy atom. The Morgan fingerprint density at radius 1 is 1.52 bits per heavy atom. The Morgan fingerprint density at radius 2 is 2.33 bits per heavy atom. The molecule has 0 saturated heterocycles. The second kappa shape index (κ2) is 6.86. The molecule has 0 fully saturated rings. The van der Waals surface area contributed by atoms with Gasteiger partial charge in [0.1, 0.15) is 0 Å². The van der Waals surface area contributed by atoms with Gasteiger partial charge in [-0.05, 0) is 25.1 Å². The number of carbonyl (C=O) groups excluding carboxylic acids is 1. The highest BCUT2D eigenvalue weighted by Crippen LogP contribution is 2.21. The molecule has 0 aliphatic rings. The molecule has 0 radical (unpaired) electrons. The van der Waals surface area contributed by atoms with Crippen LogP contribution in [0.2, 0.25) is 0 Å². The third kappa shape index (κ3) is 3.80. The zero-order valence-electron chi connectivity index (χ0n) is 12.0. The number of rotatable bonds is 5. The van der Waals surface area contributed by atoms with Gasteiger partial charge in [0.05, 0.1) is 23.9 Å². The molecule has 21 heavy (non-hydrogen) atoms. The van der Waals surface area contributed by atoms with Gasteiger partial charge in [-0.1, -0.05) is 6.07 Å². The van der Waals surface area contributed by atoms with Crippen LogP contribution in [0.1, 0.15) is 25.1 Å². The van der Waals surface area contributed by atoms with E-state index in [1.165, 1.54) is 18.3 Å². The Bertz CT molecular complexity index is 674. The summed E-state index contributed by atoms with van der Waals surface area (Å²) in [6.07, 6.45) is 0. The largest absolute Gasteiger partial charge is 0.379 e. The molecule has 0 saturated carbocycles. The fraction of sp³-hybridized carbons (Fsp3) is 0.267. The van der Waals surface area contributed by atoms with E-state index in [0.29, 0.717) is 23.8 Å². The molecule has 2 rings (SSSR count). The number of thiazole rings is 1. The molecule has 1 aromatic carbocycles. The zero-order chi connectivity index (χ0) is 15.2. The van der Waals surface area contributed by atoms with E-state index in [2.05, 4.69) is 16.4 Å². The molecule has 5 nitrogen and oxygen atoms in total. The number of hydrogen-bond acceptors (Lipinski definition) is 5. The molecule has 1 N–H and O–H groups in total. The molecular weight excluding hydrogens is 284 g/mol. The minimum Gasteiger partial charge on any atom is -0.379 e. The standard InChI is InChI=1S/C15H16N4OS/c1-3-19(11(2)20)15-18-14(10-21-15)9-17-13-6-4-5-12(7-13)8-16/h4-7,10,17H,3,9H2,1-2H3. The quantitative estimate of drug-likeness (QED) is 0.921. The number of nitriles is 1. The van der Waals surface area contributed by atoms with Gasteiger partial charge in [-0.2, -0.15) is 5.26 Å². The van der Waals surface area contributed by atoms with Crippen LogP contribution in [0, 0.1) is 11.3 Å². The van der Waals surface area contributed by atoms with Gasteiger partial charge in [-0.3, -0.25) is 9.69 Å². The topological polar surface area (TPSA) is 69.0 Å². The molecule has 6 heteroatoms. The third-order valence-electron chi connectivity index (χ3n) is 2.93. The lowest BCUT2D eigenvalue weighted by molar-refractivity contribution is -0.116. The summed E-state index contributed by atoms with van der Waals surface area (Å²) in [4.78, 5) is 17.6. The van der Waals surface area contributed by atoms with Crippen molar-refractivity contribution < 1.29 is 4.79 Å². The summed E-state index contributed by atoms with van der Waals surface area (Å²) in [5, 5.41) is 14.7. The lowest BCUT2D eigenvalue weighted by atomic mass is 10.2. The Hall–Kier alpha value is -2.39. The van der Waals surface area contributed by atoms with Crippen LogP contribution in [0.4, 0.5) is 10.8 Å². The highest BCUT2D eigenvalue weighted by molar-refractivity contribution is 7.14. The van der Waals surface area contributed by atoms with Crippen molar-refractivity contribution in [1.82, 2.24) is 4.98 Å². The fourth-order valence-electron chi connectivity index (χ4n) is 1.89. The van der Waals surface area contributed by atoms with E-state index < -0.39 is 0 Å². The number of carbonyl (C=O) groups is 1. The van der Waals surface area contributed by atoms with Crippen LogP contribution in [-0.4, -0.2) is 17.4 Å². The van der Waals surface area contributed by atoms with E-state index >= 15 is 0 Å². The number of nitrogens with one attached hydrogen (secondary N) is 1. The monoisotopic (exact) mass is 300 g/mol. The van der Waals surface area contributed by atoms with Crippen molar-refractivity contribution in [3.8, 4) is 6.07 Å². The summed E-state index contributed by atoms with van der Waals surface area (Å²) < 4.78 is 0. The lowest BCUT2D eigenvalue weighted by Crippen LogP contribution is -2.27. The van der Waals surface area contributed by atoms with Crippen molar-refractivity contribution in [2.45, 2.75) is 20.4 Å². The smallest absolute Gasteiger partial charge is 0.225 e. The van der Waals surface area contributed by atoms with Crippen LogP contribution in [-0.2, 0) is 11.3 Å². The normalized spacial score (nSPS) is 9.95. The number of hydrogen-bond donors (Lipinski definition) is 1. The molecule has 1 aromatic heterocycles. The molecule has 0 unspecified atom stereocenters. The molecule has 2 aromatic rings. The van der Waals surface area contributed by atoms with E-state index in [-0.39, 0.29) is 5.91 Å². The van der Waals surface area contributed by atoms with Crippen LogP contribution in [0.5, 0.6) is 0 Å². The maximum atomic E-state index is 11.5. The lowest BCUT2D eigenvalue weighted by Gasteiger charge is -2.14. The third-order valence-corrected chi connectivity index (χ3v) is 3.84. The molecule has 1 amide bonds. The number of nitrogens with zero attached hydrogens (tertiary/aromatic N) is 3. The summed E-state index contributed by atoms with van der Waals surface area (Å²) >= 11 is 1.45. The fourth-order valence-corrected chi connectivity index (χ4v) is 2.82. The first-order valence-corrected chi connectivity index (χ1v) is 7.48. The second-order valence-corrected chi connectivity index (χ2v) is 5.27. The Labute approximate surface area is 127 Å². The molecule has 108 valence electrons. The predicted octanol–water partition coefficient (Wildman–Crippen LogP) is 3.00. The van der Waals surface area contributed by atoms with E-state index in [1.807, 2.05) is 24.4 Å².